The molecule has 4 atom stereocenters. The van der Waals surface area contributed by atoms with Gasteiger partial charge in [0.2, 0.25) is 11.8 Å². The van der Waals surface area contributed by atoms with E-state index >= 15 is 0 Å². The van der Waals surface area contributed by atoms with Crippen molar-refractivity contribution in [1.29, 1.82) is 0 Å². The summed E-state index contributed by atoms with van der Waals surface area (Å²) in [7, 11) is 0. The van der Waals surface area contributed by atoms with Gasteiger partial charge in [0.25, 0.3) is 0 Å². The molecule has 1 saturated carbocycles. The van der Waals surface area contributed by atoms with E-state index < -0.39 is 0 Å². The van der Waals surface area contributed by atoms with Crippen LogP contribution in [-0.2, 0) is 9.59 Å². The number of anilines is 1. The molecule has 1 fully saturated rings. The number of nitrogens with one attached hydrogen (secondary N) is 1. The second kappa shape index (κ2) is 8.51. The molecule has 1 aromatic rings. The number of hydrogen-bond donors (Lipinski definition) is 1. The molecule has 0 radical (unpaired) electrons. The van der Waals surface area contributed by atoms with Crippen molar-refractivity contribution in [1.82, 2.24) is 5.32 Å². The maximum Gasteiger partial charge on any atom is 0.227 e. The highest BCUT2D eigenvalue weighted by Crippen LogP contribution is 2.36. The van der Waals surface area contributed by atoms with Crippen molar-refractivity contribution in [2.75, 3.05) is 11.4 Å². The monoisotopic (exact) mass is 392 g/mol. The number of rotatable bonds is 4. The minimum Gasteiger partial charge on any atom is -0.487 e. The highest BCUT2D eigenvalue weighted by molar-refractivity contribution is 6.31. The molecule has 2 amide bonds. The van der Waals surface area contributed by atoms with Crippen molar-refractivity contribution in [3.8, 4) is 5.75 Å². The van der Waals surface area contributed by atoms with Gasteiger partial charge >= 0.3 is 0 Å². The molecule has 0 unspecified atom stereocenters. The quantitative estimate of drug-likeness (QED) is 0.836. The molecule has 2 aliphatic rings. The zero-order valence-electron chi connectivity index (χ0n) is 16.3. The summed E-state index contributed by atoms with van der Waals surface area (Å²) in [5, 5.41) is 3.70. The van der Waals surface area contributed by atoms with E-state index in [1.807, 2.05) is 6.92 Å². The third-order valence-corrected chi connectivity index (χ3v) is 6.13. The van der Waals surface area contributed by atoms with Gasteiger partial charge in [-0.15, -0.1) is 0 Å². The van der Waals surface area contributed by atoms with Crippen molar-refractivity contribution in [3.63, 3.8) is 0 Å². The number of hydrogen-bond acceptors (Lipinski definition) is 3. The van der Waals surface area contributed by atoms with E-state index in [9.17, 15) is 9.59 Å². The first-order valence-corrected chi connectivity index (χ1v) is 10.3. The number of halogens is 1. The topological polar surface area (TPSA) is 58.6 Å². The van der Waals surface area contributed by atoms with Gasteiger partial charge in [-0.1, -0.05) is 38.3 Å². The Bertz CT molecular complexity index is 709. The molecule has 0 spiro atoms. The lowest BCUT2D eigenvalue weighted by Crippen LogP contribution is -2.45. The van der Waals surface area contributed by atoms with Crippen molar-refractivity contribution in [2.24, 2.45) is 11.8 Å². The summed E-state index contributed by atoms with van der Waals surface area (Å²) in [5.41, 5.74) is 0.681. The smallest absolute Gasteiger partial charge is 0.227 e. The van der Waals surface area contributed by atoms with Crippen LogP contribution in [0.3, 0.4) is 0 Å². The number of carbonyl (C=O) groups is 2. The van der Waals surface area contributed by atoms with Crippen LogP contribution in [0.1, 0.15) is 52.9 Å². The standard InChI is InChI=1S/C21H29ClN2O3/c1-13-5-4-6-17(15(13)3)23-20(25)9-10-21(26)24-12-14(2)27-19-8-7-16(22)11-18(19)24/h7-8,11,13-15,17H,4-6,9-10,12H2,1-3H3,(H,23,25)/t13-,14+,15+,17+/m0/s1. The molecule has 1 aliphatic carbocycles. The fourth-order valence-electron chi connectivity index (χ4n) is 4.07. The van der Waals surface area contributed by atoms with Crippen LogP contribution in [0, 0.1) is 11.8 Å². The second-order valence-corrected chi connectivity index (χ2v) is 8.42. The summed E-state index contributed by atoms with van der Waals surface area (Å²) in [6, 6.07) is 5.50. The predicted octanol–water partition coefficient (Wildman–Crippen LogP) is 4.18. The van der Waals surface area contributed by atoms with Crippen molar-refractivity contribution >= 4 is 29.1 Å². The van der Waals surface area contributed by atoms with Crippen LogP contribution in [0.15, 0.2) is 18.2 Å². The number of ether oxygens (including phenoxy) is 1. The van der Waals surface area contributed by atoms with E-state index in [0.29, 0.717) is 34.8 Å². The van der Waals surface area contributed by atoms with E-state index in [0.717, 1.165) is 12.8 Å². The van der Waals surface area contributed by atoms with Crippen LogP contribution in [0.2, 0.25) is 5.02 Å². The minimum atomic E-state index is -0.0963. The highest BCUT2D eigenvalue weighted by atomic mass is 35.5. The largest absolute Gasteiger partial charge is 0.487 e. The van der Waals surface area contributed by atoms with Gasteiger partial charge in [-0.3, -0.25) is 9.59 Å². The Morgan fingerprint density at radius 1 is 1.22 bits per heavy atom. The van der Waals surface area contributed by atoms with E-state index in [1.54, 1.807) is 23.1 Å². The first kappa shape index (κ1) is 20.0. The Morgan fingerprint density at radius 3 is 2.78 bits per heavy atom. The van der Waals surface area contributed by atoms with Crippen LogP contribution < -0.4 is 15.0 Å². The lowest BCUT2D eigenvalue weighted by molar-refractivity contribution is -0.126. The van der Waals surface area contributed by atoms with Crippen molar-refractivity contribution < 1.29 is 14.3 Å². The Labute approximate surface area is 166 Å². The predicted molar refractivity (Wildman–Crippen MR) is 107 cm³/mol. The Hall–Kier alpha value is -1.75. The molecule has 27 heavy (non-hydrogen) atoms. The van der Waals surface area contributed by atoms with Crippen LogP contribution in [0.25, 0.3) is 0 Å². The molecular formula is C21H29ClN2O3. The fraction of sp³-hybridized carbons (Fsp3) is 0.619. The lowest BCUT2D eigenvalue weighted by Gasteiger charge is -2.35. The molecule has 3 rings (SSSR count). The van der Waals surface area contributed by atoms with Crippen LogP contribution in [0.4, 0.5) is 5.69 Å². The second-order valence-electron chi connectivity index (χ2n) is 7.99. The van der Waals surface area contributed by atoms with Gasteiger partial charge in [0.05, 0.1) is 12.2 Å². The Balaban J connectivity index is 1.58. The normalized spacial score (nSPS) is 27.5. The van der Waals surface area contributed by atoms with Crippen LogP contribution >= 0.6 is 11.6 Å². The number of carbonyl (C=O) groups excluding carboxylic acids is 2. The van der Waals surface area contributed by atoms with Gasteiger partial charge < -0.3 is 15.0 Å². The van der Waals surface area contributed by atoms with Gasteiger partial charge in [-0.25, -0.2) is 0 Å². The molecule has 5 nitrogen and oxygen atoms in total. The Morgan fingerprint density at radius 2 is 2.00 bits per heavy atom. The zero-order valence-corrected chi connectivity index (χ0v) is 17.1. The number of nitrogens with zero attached hydrogens (tertiary/aromatic N) is 1. The average Bonchev–Trinajstić information content (AvgIpc) is 2.63. The van der Waals surface area contributed by atoms with E-state index in [-0.39, 0.29) is 36.8 Å². The van der Waals surface area contributed by atoms with E-state index in [1.165, 1.54) is 6.42 Å². The summed E-state index contributed by atoms with van der Waals surface area (Å²) in [6.45, 7) is 6.84. The maximum atomic E-state index is 12.8. The van der Waals surface area contributed by atoms with Gasteiger partial charge in [0.15, 0.2) is 0 Å². The first-order valence-electron chi connectivity index (χ1n) is 9.91. The molecule has 6 heteroatoms. The Kier molecular flexibility index (Phi) is 6.30. The summed E-state index contributed by atoms with van der Waals surface area (Å²) >= 11 is 6.09. The number of amides is 2. The molecule has 0 bridgehead atoms. The van der Waals surface area contributed by atoms with Gasteiger partial charge in [0.1, 0.15) is 11.9 Å². The van der Waals surface area contributed by atoms with E-state index in [2.05, 4.69) is 19.2 Å². The van der Waals surface area contributed by atoms with Gasteiger partial charge in [-0.2, -0.15) is 0 Å². The van der Waals surface area contributed by atoms with Crippen molar-refractivity contribution in [3.05, 3.63) is 23.2 Å². The van der Waals surface area contributed by atoms with Crippen molar-refractivity contribution in [2.45, 2.75) is 65.0 Å². The van der Waals surface area contributed by atoms with E-state index in [4.69, 9.17) is 16.3 Å². The maximum absolute atomic E-state index is 12.8. The molecule has 148 valence electrons. The fourth-order valence-corrected chi connectivity index (χ4v) is 4.23. The lowest BCUT2D eigenvalue weighted by atomic mass is 9.78. The highest BCUT2D eigenvalue weighted by Gasteiger charge is 2.30. The summed E-state index contributed by atoms with van der Waals surface area (Å²) in [4.78, 5) is 26.9. The van der Waals surface area contributed by atoms with Gasteiger partial charge in [-0.05, 0) is 43.4 Å². The average molecular weight is 393 g/mol. The number of fused-ring (bicyclic) bond motifs is 1. The molecule has 0 saturated heterocycles. The van der Waals surface area contributed by atoms with Crippen LogP contribution in [-0.4, -0.2) is 30.5 Å². The van der Waals surface area contributed by atoms with Gasteiger partial charge in [0, 0.05) is 23.9 Å². The van der Waals surface area contributed by atoms with Crippen LogP contribution in [0.5, 0.6) is 5.75 Å². The summed E-state index contributed by atoms with van der Waals surface area (Å²) in [5.74, 6) is 1.64. The molecule has 1 aromatic carbocycles. The summed E-state index contributed by atoms with van der Waals surface area (Å²) in [6.07, 6.45) is 3.69. The number of benzene rings is 1. The summed E-state index contributed by atoms with van der Waals surface area (Å²) < 4.78 is 5.78. The third kappa shape index (κ3) is 4.75. The molecule has 0 aromatic heterocycles. The molecule has 1 aliphatic heterocycles. The minimum absolute atomic E-state index is 0.0399. The zero-order chi connectivity index (χ0) is 19.6. The third-order valence-electron chi connectivity index (χ3n) is 5.90. The molecule has 1 heterocycles. The SMILES string of the molecule is C[C@@H]1[C@@H](C)CCC[C@H]1NC(=O)CCC(=O)N1C[C@@H](C)Oc2ccc(Cl)cc21. The molecular weight excluding hydrogens is 364 g/mol. The molecule has 1 N–H and O–H groups in total. The first-order chi connectivity index (χ1) is 12.8.